The molecule has 0 spiro atoms. The SMILES string of the molecule is CC(N)COC1CCC(CN2CCN(c3ccc4c(c3)n(C)c(=O)n4C3CCC(=O)NC3=O)CC2)CC1. The number of piperidine rings is 1. The number of hydrogen-bond acceptors (Lipinski definition) is 7. The lowest BCUT2D eigenvalue weighted by molar-refractivity contribution is -0.135. The molecule has 10 heteroatoms. The molecule has 1 aliphatic carbocycles. The zero-order valence-corrected chi connectivity index (χ0v) is 22.0. The van der Waals surface area contributed by atoms with Crippen molar-refractivity contribution in [2.75, 3.05) is 44.2 Å². The topological polar surface area (TPSA) is 115 Å². The van der Waals surface area contributed by atoms with Crippen LogP contribution < -0.4 is 21.6 Å². The van der Waals surface area contributed by atoms with Gasteiger partial charge in [0.1, 0.15) is 6.04 Å². The van der Waals surface area contributed by atoms with Crippen LogP contribution in [0, 0.1) is 5.92 Å². The maximum atomic E-state index is 13.0. The Hall–Kier alpha value is -2.69. The lowest BCUT2D eigenvalue weighted by Crippen LogP contribution is -2.48. The van der Waals surface area contributed by atoms with Gasteiger partial charge >= 0.3 is 5.69 Å². The number of aryl methyl sites for hydroxylation is 1. The van der Waals surface area contributed by atoms with Crippen molar-refractivity contribution in [2.45, 2.75) is 63.6 Å². The van der Waals surface area contributed by atoms with Crippen LogP contribution in [0.4, 0.5) is 5.69 Å². The van der Waals surface area contributed by atoms with Crippen molar-refractivity contribution in [3.63, 3.8) is 0 Å². The van der Waals surface area contributed by atoms with Crippen LogP contribution in [0.5, 0.6) is 0 Å². The summed E-state index contributed by atoms with van der Waals surface area (Å²) in [4.78, 5) is 42.0. The van der Waals surface area contributed by atoms with Crippen molar-refractivity contribution in [3.8, 4) is 0 Å². The number of anilines is 1. The Morgan fingerprint density at radius 1 is 1.03 bits per heavy atom. The van der Waals surface area contributed by atoms with Crippen LogP contribution in [0.2, 0.25) is 0 Å². The Morgan fingerprint density at radius 2 is 1.76 bits per heavy atom. The molecule has 0 radical (unpaired) electrons. The smallest absolute Gasteiger partial charge is 0.329 e. The minimum Gasteiger partial charge on any atom is -0.377 e. The molecule has 2 aromatic rings. The maximum absolute atomic E-state index is 13.0. The summed E-state index contributed by atoms with van der Waals surface area (Å²) in [5.74, 6) is 0.0478. The highest BCUT2D eigenvalue weighted by atomic mass is 16.5. The number of imidazole rings is 1. The molecule has 2 amide bonds. The van der Waals surface area contributed by atoms with Crippen LogP contribution in [0.3, 0.4) is 0 Å². The largest absolute Gasteiger partial charge is 0.377 e. The molecule has 2 unspecified atom stereocenters. The average Bonchev–Trinajstić information content (AvgIpc) is 3.13. The first-order valence-electron chi connectivity index (χ1n) is 13.7. The van der Waals surface area contributed by atoms with E-state index in [0.29, 0.717) is 19.1 Å². The average molecular weight is 513 g/mol. The van der Waals surface area contributed by atoms with Gasteiger partial charge in [0, 0.05) is 57.9 Å². The van der Waals surface area contributed by atoms with Crippen LogP contribution in [0.15, 0.2) is 23.0 Å². The van der Waals surface area contributed by atoms with Crippen LogP contribution in [0.1, 0.15) is 51.5 Å². The van der Waals surface area contributed by atoms with E-state index in [-0.39, 0.29) is 24.1 Å². The van der Waals surface area contributed by atoms with E-state index >= 15 is 0 Å². The van der Waals surface area contributed by atoms with Gasteiger partial charge in [-0.3, -0.25) is 28.9 Å². The molecule has 3 heterocycles. The summed E-state index contributed by atoms with van der Waals surface area (Å²) in [6, 6.07) is 5.48. The van der Waals surface area contributed by atoms with Gasteiger partial charge in [0.25, 0.3) is 0 Å². The Balaban J connectivity index is 1.19. The fraction of sp³-hybridized carbons (Fsp3) is 0.667. The highest BCUT2D eigenvalue weighted by Gasteiger charge is 2.31. The number of carbonyl (C=O) groups excluding carboxylic acids is 2. The second kappa shape index (κ2) is 11.0. The van der Waals surface area contributed by atoms with Gasteiger partial charge in [-0.05, 0) is 63.1 Å². The Bertz CT molecular complexity index is 1190. The molecule has 37 heavy (non-hydrogen) atoms. The van der Waals surface area contributed by atoms with Crippen molar-refractivity contribution < 1.29 is 14.3 Å². The number of rotatable bonds is 7. The van der Waals surface area contributed by atoms with Gasteiger partial charge < -0.3 is 15.4 Å². The molecule has 3 aliphatic rings. The lowest BCUT2D eigenvalue weighted by atomic mass is 9.87. The first-order valence-corrected chi connectivity index (χ1v) is 13.7. The van der Waals surface area contributed by atoms with Gasteiger partial charge in [0.05, 0.1) is 23.7 Å². The Kier molecular flexibility index (Phi) is 7.69. The van der Waals surface area contributed by atoms with E-state index in [0.717, 1.165) is 68.2 Å². The van der Waals surface area contributed by atoms with E-state index in [1.54, 1.807) is 11.6 Å². The fourth-order valence-electron chi connectivity index (χ4n) is 6.10. The molecular formula is C27H40N6O4. The number of benzene rings is 1. The number of carbonyl (C=O) groups is 2. The number of imide groups is 1. The molecule has 2 saturated heterocycles. The number of aromatic nitrogens is 2. The van der Waals surface area contributed by atoms with E-state index in [1.165, 1.54) is 17.4 Å². The molecule has 1 aromatic carbocycles. The number of hydrogen-bond donors (Lipinski definition) is 2. The lowest BCUT2D eigenvalue weighted by Gasteiger charge is -2.39. The van der Waals surface area contributed by atoms with Crippen molar-refractivity contribution in [2.24, 2.45) is 18.7 Å². The van der Waals surface area contributed by atoms with Gasteiger partial charge in [-0.25, -0.2) is 4.79 Å². The quantitative estimate of drug-likeness (QED) is 0.539. The van der Waals surface area contributed by atoms with Crippen molar-refractivity contribution >= 4 is 28.5 Å². The summed E-state index contributed by atoms with van der Waals surface area (Å²) in [5, 5.41) is 2.37. The minimum atomic E-state index is -0.658. The van der Waals surface area contributed by atoms with Gasteiger partial charge in [-0.2, -0.15) is 0 Å². The molecule has 3 N–H and O–H groups in total. The van der Waals surface area contributed by atoms with Gasteiger partial charge in [-0.15, -0.1) is 0 Å². The number of nitrogens with two attached hydrogens (primary N) is 1. The molecule has 0 bridgehead atoms. The second-order valence-corrected chi connectivity index (χ2v) is 11.1. The third-order valence-corrected chi connectivity index (χ3v) is 8.24. The number of ether oxygens (including phenoxy) is 1. The molecule has 202 valence electrons. The standard InChI is InChI=1S/C27H40N6O4/c1-18(28)17-37-21-6-3-19(4-7-21)16-31-11-13-32(14-12-31)20-5-8-22-24(15-20)30(2)27(36)33(22)23-9-10-25(34)29-26(23)35/h5,8,15,18-19,21,23H,3-4,6-7,9-14,16-17,28H2,1-2H3,(H,29,34,35). The zero-order valence-electron chi connectivity index (χ0n) is 22.0. The summed E-state index contributed by atoms with van der Waals surface area (Å²) in [6.45, 7) is 7.72. The van der Waals surface area contributed by atoms with Gasteiger partial charge in [0.15, 0.2) is 0 Å². The monoisotopic (exact) mass is 512 g/mol. The summed E-state index contributed by atoms with van der Waals surface area (Å²) < 4.78 is 9.08. The Labute approximate surface area is 217 Å². The highest BCUT2D eigenvalue weighted by Crippen LogP contribution is 2.29. The molecule has 5 rings (SSSR count). The van der Waals surface area contributed by atoms with Crippen molar-refractivity contribution in [1.82, 2.24) is 19.4 Å². The Morgan fingerprint density at radius 3 is 2.43 bits per heavy atom. The molecular weight excluding hydrogens is 472 g/mol. The summed E-state index contributed by atoms with van der Waals surface area (Å²) >= 11 is 0. The second-order valence-electron chi connectivity index (χ2n) is 11.1. The highest BCUT2D eigenvalue weighted by molar-refractivity contribution is 6.00. The molecule has 1 aromatic heterocycles. The molecule has 1 saturated carbocycles. The molecule has 10 nitrogen and oxygen atoms in total. The predicted molar refractivity (Wildman–Crippen MR) is 143 cm³/mol. The maximum Gasteiger partial charge on any atom is 0.329 e. The van der Waals surface area contributed by atoms with Crippen molar-refractivity contribution in [1.29, 1.82) is 0 Å². The molecule has 3 fully saturated rings. The molecule has 2 atom stereocenters. The van der Waals surface area contributed by atoms with Gasteiger partial charge in [-0.1, -0.05) is 0 Å². The van der Waals surface area contributed by atoms with Crippen LogP contribution in [0.25, 0.3) is 11.0 Å². The number of piperazine rings is 1. The van der Waals surface area contributed by atoms with Crippen molar-refractivity contribution in [3.05, 3.63) is 28.7 Å². The van der Waals surface area contributed by atoms with E-state index in [1.807, 2.05) is 19.1 Å². The number of nitrogens with zero attached hydrogens (tertiary/aromatic N) is 4. The predicted octanol–water partition coefficient (Wildman–Crippen LogP) is 1.36. The third-order valence-electron chi connectivity index (χ3n) is 8.24. The zero-order chi connectivity index (χ0) is 26.1. The number of nitrogens with one attached hydrogen (secondary N) is 1. The number of amides is 2. The van der Waals surface area contributed by atoms with Crippen LogP contribution in [-0.2, 0) is 21.4 Å². The van der Waals surface area contributed by atoms with E-state index < -0.39 is 11.9 Å². The first-order chi connectivity index (χ1) is 17.8. The normalized spacial score (nSPS) is 26.5. The van der Waals surface area contributed by atoms with E-state index in [4.69, 9.17) is 10.5 Å². The van der Waals surface area contributed by atoms with E-state index in [2.05, 4.69) is 21.2 Å². The summed E-state index contributed by atoms with van der Waals surface area (Å²) in [6.07, 6.45) is 5.66. The summed E-state index contributed by atoms with van der Waals surface area (Å²) in [5.41, 5.74) is 8.21. The molecule has 2 aliphatic heterocycles. The van der Waals surface area contributed by atoms with Gasteiger partial charge in [0.2, 0.25) is 11.8 Å². The fourth-order valence-corrected chi connectivity index (χ4v) is 6.10. The van der Waals surface area contributed by atoms with Crippen LogP contribution in [-0.4, -0.2) is 77.3 Å². The minimum absolute atomic E-state index is 0.102. The number of fused-ring (bicyclic) bond motifs is 1. The van der Waals surface area contributed by atoms with E-state index in [9.17, 15) is 14.4 Å². The first kappa shape index (κ1) is 25.9. The van der Waals surface area contributed by atoms with Crippen LogP contribution >= 0.6 is 0 Å². The third kappa shape index (κ3) is 5.61. The summed E-state index contributed by atoms with van der Waals surface area (Å²) in [7, 11) is 1.74.